The summed E-state index contributed by atoms with van der Waals surface area (Å²) in [6.45, 7) is 5.61. The predicted octanol–water partition coefficient (Wildman–Crippen LogP) is 4.08. The summed E-state index contributed by atoms with van der Waals surface area (Å²) in [5.74, 6) is -0.217. The molecule has 2 bridgehead atoms. The van der Waals surface area contributed by atoms with Crippen LogP contribution < -0.4 is 15.5 Å². The van der Waals surface area contributed by atoms with E-state index in [0.29, 0.717) is 38.2 Å². The number of aromatic nitrogens is 2. The Hall–Kier alpha value is -3.28. The number of hydrogen-bond acceptors (Lipinski definition) is 8. The number of benzene rings is 1. The molecule has 37 heavy (non-hydrogen) atoms. The first-order valence-electron chi connectivity index (χ1n) is 12.6. The third-order valence-corrected chi connectivity index (χ3v) is 7.35. The molecule has 0 radical (unpaired) electrons. The summed E-state index contributed by atoms with van der Waals surface area (Å²) in [5, 5.41) is 5.85. The van der Waals surface area contributed by atoms with E-state index in [1.54, 1.807) is 4.90 Å². The number of carbonyl (C=O) groups excluding carboxylic acids is 1. The molecule has 2 N–H and O–H groups in total. The number of piperazine rings is 1. The van der Waals surface area contributed by atoms with Crippen LogP contribution in [0.1, 0.15) is 30.4 Å². The van der Waals surface area contributed by atoms with E-state index < -0.39 is 11.7 Å². The van der Waals surface area contributed by atoms with Gasteiger partial charge in [-0.3, -0.25) is 4.90 Å². The molecule has 9 nitrogen and oxygen atoms in total. The molecule has 3 aliphatic rings. The van der Waals surface area contributed by atoms with Gasteiger partial charge in [-0.2, -0.15) is 18.2 Å². The number of fused-ring (bicyclic) bond motifs is 2. The van der Waals surface area contributed by atoms with Crippen LogP contribution in [0.3, 0.4) is 0 Å². The smallest absolute Gasteiger partial charge is 0.421 e. The SMILES string of the molecule is Cc1cc(N2C[C@H]3C[C@@H]2CN3C)ccc1Nc1ncc(C(F)(F)F)c(NCCCN2CCCOC2=O)n1. The number of nitrogens with zero attached hydrogens (tertiary/aromatic N) is 5. The number of aryl methyl sites for hydroxylation is 1. The minimum atomic E-state index is -4.60. The molecule has 200 valence electrons. The lowest BCUT2D eigenvalue weighted by Crippen LogP contribution is -2.44. The van der Waals surface area contributed by atoms with E-state index >= 15 is 0 Å². The van der Waals surface area contributed by atoms with Crippen molar-refractivity contribution in [1.82, 2.24) is 19.8 Å². The van der Waals surface area contributed by atoms with Crippen LogP contribution in [0.5, 0.6) is 0 Å². The van der Waals surface area contributed by atoms with Crippen LogP contribution in [0.15, 0.2) is 24.4 Å². The Morgan fingerprint density at radius 3 is 2.73 bits per heavy atom. The number of alkyl halides is 3. The van der Waals surface area contributed by atoms with E-state index in [-0.39, 0.29) is 24.4 Å². The fraction of sp³-hybridized carbons (Fsp3) is 0.560. The summed E-state index contributed by atoms with van der Waals surface area (Å²) in [7, 11) is 2.16. The average Bonchev–Trinajstić information content (AvgIpc) is 3.43. The van der Waals surface area contributed by atoms with E-state index in [9.17, 15) is 18.0 Å². The third-order valence-electron chi connectivity index (χ3n) is 7.35. The molecule has 0 spiro atoms. The highest BCUT2D eigenvalue weighted by Crippen LogP contribution is 2.36. The fourth-order valence-electron chi connectivity index (χ4n) is 5.33. The molecule has 3 aliphatic heterocycles. The summed E-state index contributed by atoms with van der Waals surface area (Å²) in [6.07, 6.45) is -1.82. The number of hydrogen-bond donors (Lipinski definition) is 2. The first-order valence-corrected chi connectivity index (χ1v) is 12.6. The van der Waals surface area contributed by atoms with Gasteiger partial charge in [0.25, 0.3) is 0 Å². The number of anilines is 4. The summed E-state index contributed by atoms with van der Waals surface area (Å²) in [4.78, 5) is 26.2. The molecule has 3 saturated heterocycles. The Labute approximate surface area is 214 Å². The zero-order valence-electron chi connectivity index (χ0n) is 21.0. The second kappa shape index (κ2) is 10.2. The second-order valence-electron chi connectivity index (χ2n) is 9.95. The van der Waals surface area contributed by atoms with Gasteiger partial charge in [0.05, 0.1) is 6.61 Å². The molecule has 0 aliphatic carbocycles. The van der Waals surface area contributed by atoms with E-state index in [1.807, 2.05) is 19.1 Å². The van der Waals surface area contributed by atoms with Crippen molar-refractivity contribution >= 4 is 29.2 Å². The minimum Gasteiger partial charge on any atom is -0.449 e. The molecule has 1 aromatic heterocycles. The van der Waals surface area contributed by atoms with Gasteiger partial charge >= 0.3 is 12.3 Å². The molecule has 2 atom stereocenters. The largest absolute Gasteiger partial charge is 0.449 e. The van der Waals surface area contributed by atoms with Gasteiger partial charge < -0.3 is 25.2 Å². The molecule has 0 unspecified atom stereocenters. The normalized spacial score (nSPS) is 21.9. The first-order chi connectivity index (χ1) is 17.7. The second-order valence-corrected chi connectivity index (χ2v) is 9.95. The maximum atomic E-state index is 13.6. The molecular weight excluding hydrogens is 487 g/mol. The average molecular weight is 520 g/mol. The van der Waals surface area contributed by atoms with E-state index in [4.69, 9.17) is 4.74 Å². The number of ether oxygens (including phenoxy) is 1. The van der Waals surface area contributed by atoms with Crippen molar-refractivity contribution in [3.63, 3.8) is 0 Å². The topological polar surface area (TPSA) is 85.9 Å². The lowest BCUT2D eigenvalue weighted by Gasteiger charge is -2.34. The Bertz CT molecular complexity index is 1140. The molecule has 3 fully saturated rings. The van der Waals surface area contributed by atoms with Crippen LogP contribution in [0.2, 0.25) is 0 Å². The van der Waals surface area contributed by atoms with Gasteiger partial charge in [-0.1, -0.05) is 0 Å². The summed E-state index contributed by atoms with van der Waals surface area (Å²) in [5.41, 5.74) is 1.91. The highest BCUT2D eigenvalue weighted by atomic mass is 19.4. The van der Waals surface area contributed by atoms with Gasteiger partial charge in [0.15, 0.2) is 0 Å². The number of nitrogens with one attached hydrogen (secondary N) is 2. The Morgan fingerprint density at radius 1 is 1.22 bits per heavy atom. The van der Waals surface area contributed by atoms with Crippen LogP contribution in [-0.2, 0) is 10.9 Å². The van der Waals surface area contributed by atoms with Gasteiger partial charge in [-0.05, 0) is 57.0 Å². The summed E-state index contributed by atoms with van der Waals surface area (Å²) >= 11 is 0. The van der Waals surface area contributed by atoms with E-state index in [1.165, 1.54) is 6.42 Å². The number of cyclic esters (lactones) is 1. The van der Waals surface area contributed by atoms with E-state index in [0.717, 1.165) is 42.6 Å². The van der Waals surface area contributed by atoms with Gasteiger partial charge in [-0.15, -0.1) is 0 Å². The molecule has 12 heteroatoms. The molecule has 4 heterocycles. The van der Waals surface area contributed by atoms with Crippen molar-refractivity contribution in [3.05, 3.63) is 35.5 Å². The first kappa shape index (κ1) is 25.4. The van der Waals surface area contributed by atoms with Crippen molar-refractivity contribution in [2.24, 2.45) is 0 Å². The standard InChI is InChI=1S/C25H32F3N7O2/c1-16-11-17(35-15-18-12-19(35)14-33(18)2)5-6-21(16)31-23-30-13-20(25(26,27)28)22(32-23)29-7-3-8-34-9-4-10-37-24(34)36/h5-6,11,13,18-19H,3-4,7-10,12,14-15H2,1-2H3,(H2,29,30,31,32)/t18-,19-/m1/s1. The molecule has 5 rings (SSSR count). The Kier molecular flexibility index (Phi) is 7.02. The third kappa shape index (κ3) is 5.53. The highest BCUT2D eigenvalue weighted by molar-refractivity contribution is 5.68. The van der Waals surface area contributed by atoms with Crippen molar-refractivity contribution < 1.29 is 22.7 Å². The Balaban J connectivity index is 1.25. The van der Waals surface area contributed by atoms with Crippen LogP contribution in [0.4, 0.5) is 41.1 Å². The van der Waals surface area contributed by atoms with Gasteiger partial charge in [0.1, 0.15) is 11.4 Å². The maximum absolute atomic E-state index is 13.6. The van der Waals surface area contributed by atoms with Gasteiger partial charge in [0.2, 0.25) is 5.95 Å². The van der Waals surface area contributed by atoms with Crippen LogP contribution >= 0.6 is 0 Å². The lowest BCUT2D eigenvalue weighted by atomic mass is 10.1. The maximum Gasteiger partial charge on any atom is 0.421 e. The van der Waals surface area contributed by atoms with Crippen molar-refractivity contribution in [1.29, 1.82) is 0 Å². The minimum absolute atomic E-state index is 0.0767. The predicted molar refractivity (Wildman–Crippen MR) is 134 cm³/mol. The van der Waals surface area contributed by atoms with Crippen LogP contribution in [0, 0.1) is 6.92 Å². The molecular formula is C25H32F3N7O2. The molecule has 1 amide bonds. The van der Waals surface area contributed by atoms with Crippen molar-refractivity contribution in [2.75, 3.05) is 61.9 Å². The van der Waals surface area contributed by atoms with Crippen LogP contribution in [-0.4, -0.2) is 84.3 Å². The van der Waals surface area contributed by atoms with E-state index in [2.05, 4.69) is 43.5 Å². The lowest BCUT2D eigenvalue weighted by molar-refractivity contribution is -0.137. The monoisotopic (exact) mass is 519 g/mol. The quantitative estimate of drug-likeness (QED) is 0.505. The highest BCUT2D eigenvalue weighted by Gasteiger charge is 2.41. The molecule has 1 aromatic carbocycles. The number of likely N-dealkylation sites (tertiary alicyclic amines) is 1. The Morgan fingerprint density at radius 2 is 2.05 bits per heavy atom. The zero-order valence-corrected chi connectivity index (χ0v) is 21.0. The van der Waals surface area contributed by atoms with Gasteiger partial charge in [0, 0.05) is 62.4 Å². The van der Waals surface area contributed by atoms with Crippen molar-refractivity contribution in [2.45, 2.75) is 44.4 Å². The molecule has 2 aromatic rings. The number of amides is 1. The van der Waals surface area contributed by atoms with Crippen molar-refractivity contribution in [3.8, 4) is 0 Å². The number of likely N-dealkylation sites (N-methyl/N-ethyl adjacent to an activating group) is 1. The molecule has 0 saturated carbocycles. The number of halogens is 3. The summed E-state index contributed by atoms with van der Waals surface area (Å²) in [6, 6.07) is 7.15. The summed E-state index contributed by atoms with van der Waals surface area (Å²) < 4.78 is 45.7. The zero-order chi connectivity index (χ0) is 26.2. The number of carbonyl (C=O) groups is 1. The van der Waals surface area contributed by atoms with Gasteiger partial charge in [-0.25, -0.2) is 9.78 Å². The van der Waals surface area contributed by atoms with Crippen LogP contribution in [0.25, 0.3) is 0 Å². The fourth-order valence-corrected chi connectivity index (χ4v) is 5.33. The number of rotatable bonds is 8.